The molecule has 1 aliphatic rings. The van der Waals surface area contributed by atoms with Crippen molar-refractivity contribution < 1.29 is 19.1 Å². The molecule has 0 spiro atoms. The van der Waals surface area contributed by atoms with Crippen LogP contribution in [-0.2, 0) is 27.2 Å². The van der Waals surface area contributed by atoms with Gasteiger partial charge in [0, 0.05) is 13.1 Å². The number of anilines is 1. The van der Waals surface area contributed by atoms with Crippen LogP contribution in [-0.4, -0.2) is 42.3 Å². The van der Waals surface area contributed by atoms with Crippen LogP contribution in [0.3, 0.4) is 0 Å². The number of hydrogen-bond acceptors (Lipinski definition) is 5. The van der Waals surface area contributed by atoms with Crippen molar-refractivity contribution in [3.05, 3.63) is 28.3 Å². The average molecular weight is 369 g/mol. The Balaban J connectivity index is 2.12. The summed E-state index contributed by atoms with van der Waals surface area (Å²) in [5.41, 5.74) is 2.23. The Morgan fingerprint density at radius 2 is 2.04 bits per heavy atom. The van der Waals surface area contributed by atoms with E-state index >= 15 is 0 Å². The largest absolute Gasteiger partial charge is 0.465 e. The molecule has 6 nitrogen and oxygen atoms in total. The number of nitrogens with one attached hydrogen (secondary N) is 1. The molecule has 1 amide bonds. The molecule has 7 heteroatoms. The lowest BCUT2D eigenvalue weighted by atomic mass is 9.98. The Hall–Kier alpha value is -1.95. The van der Waals surface area contributed by atoms with Crippen molar-refractivity contribution in [2.75, 3.05) is 25.0 Å². The summed E-state index contributed by atoms with van der Waals surface area (Å²) in [6, 6.07) is 3.68. The standard InChI is InChI=1S/C18H25ClN2O4/c1-5-24-15(22)10-20-16-13-8-9-21(17(23)25-18(2,3)4)11-12(13)6-7-14(16)19/h6-7,20H,5,8-11H2,1-4H3. The van der Waals surface area contributed by atoms with Crippen LogP contribution in [0.15, 0.2) is 12.1 Å². The van der Waals surface area contributed by atoms with E-state index in [9.17, 15) is 9.59 Å². The lowest BCUT2D eigenvalue weighted by molar-refractivity contribution is -0.140. The van der Waals surface area contributed by atoms with Crippen LogP contribution in [0.2, 0.25) is 5.02 Å². The minimum atomic E-state index is -0.524. The van der Waals surface area contributed by atoms with E-state index in [4.69, 9.17) is 21.1 Å². The number of carbonyl (C=O) groups is 2. The third-order valence-electron chi connectivity index (χ3n) is 3.72. The molecule has 0 bridgehead atoms. The number of halogens is 1. The highest BCUT2D eigenvalue weighted by Gasteiger charge is 2.27. The molecular formula is C18H25ClN2O4. The van der Waals surface area contributed by atoms with Gasteiger partial charge in [0.05, 0.1) is 17.3 Å². The van der Waals surface area contributed by atoms with E-state index in [-0.39, 0.29) is 18.6 Å². The monoisotopic (exact) mass is 368 g/mol. The Kier molecular flexibility index (Phi) is 6.16. The van der Waals surface area contributed by atoms with Gasteiger partial charge in [0.25, 0.3) is 0 Å². The van der Waals surface area contributed by atoms with Crippen LogP contribution in [0.25, 0.3) is 0 Å². The number of esters is 1. The third kappa shape index (κ3) is 5.26. The van der Waals surface area contributed by atoms with Crippen molar-refractivity contribution in [2.45, 2.75) is 46.3 Å². The van der Waals surface area contributed by atoms with Crippen LogP contribution < -0.4 is 5.32 Å². The Bertz CT molecular complexity index is 655. The summed E-state index contributed by atoms with van der Waals surface area (Å²) in [7, 11) is 0. The van der Waals surface area contributed by atoms with E-state index in [1.165, 1.54) is 0 Å². The summed E-state index contributed by atoms with van der Waals surface area (Å²) in [5, 5.41) is 3.62. The van der Waals surface area contributed by atoms with Crippen molar-refractivity contribution in [3.63, 3.8) is 0 Å². The zero-order valence-electron chi connectivity index (χ0n) is 15.1. The number of hydrogen-bond donors (Lipinski definition) is 1. The molecule has 1 heterocycles. The van der Waals surface area contributed by atoms with Crippen molar-refractivity contribution >= 4 is 29.4 Å². The molecule has 0 unspecified atom stereocenters. The summed E-state index contributed by atoms with van der Waals surface area (Å²) in [6.45, 7) is 8.69. The Morgan fingerprint density at radius 3 is 2.68 bits per heavy atom. The van der Waals surface area contributed by atoms with Crippen molar-refractivity contribution in [3.8, 4) is 0 Å². The summed E-state index contributed by atoms with van der Waals surface area (Å²) in [6.07, 6.45) is 0.314. The number of rotatable bonds is 4. The maximum absolute atomic E-state index is 12.3. The minimum Gasteiger partial charge on any atom is -0.465 e. The third-order valence-corrected chi connectivity index (χ3v) is 4.03. The molecule has 0 aromatic heterocycles. The molecule has 1 aromatic rings. The van der Waals surface area contributed by atoms with Gasteiger partial charge < -0.3 is 19.7 Å². The highest BCUT2D eigenvalue weighted by Crippen LogP contribution is 2.33. The molecular weight excluding hydrogens is 344 g/mol. The normalized spacial score (nSPS) is 13.9. The molecule has 138 valence electrons. The molecule has 1 N–H and O–H groups in total. The van der Waals surface area contributed by atoms with Gasteiger partial charge in [0.2, 0.25) is 0 Å². The molecule has 2 rings (SSSR count). The molecule has 0 radical (unpaired) electrons. The van der Waals surface area contributed by atoms with Crippen LogP contribution >= 0.6 is 11.6 Å². The SMILES string of the molecule is CCOC(=O)CNc1c(Cl)ccc2c1CCN(C(=O)OC(C)(C)C)C2. The van der Waals surface area contributed by atoms with Crippen molar-refractivity contribution in [2.24, 2.45) is 0 Å². The summed E-state index contributed by atoms with van der Waals surface area (Å²) >= 11 is 6.29. The lowest BCUT2D eigenvalue weighted by Crippen LogP contribution is -2.40. The van der Waals surface area contributed by atoms with Crippen molar-refractivity contribution in [1.82, 2.24) is 4.90 Å². The van der Waals surface area contributed by atoms with Gasteiger partial charge in [-0.2, -0.15) is 0 Å². The second-order valence-corrected chi connectivity index (χ2v) is 7.28. The van der Waals surface area contributed by atoms with Gasteiger partial charge in [0.15, 0.2) is 0 Å². The first kappa shape index (κ1) is 19.4. The molecule has 0 saturated carbocycles. The van der Waals surface area contributed by atoms with Gasteiger partial charge in [-0.15, -0.1) is 0 Å². The highest BCUT2D eigenvalue weighted by atomic mass is 35.5. The second kappa shape index (κ2) is 7.95. The van der Waals surface area contributed by atoms with Gasteiger partial charge in [-0.25, -0.2) is 4.79 Å². The van der Waals surface area contributed by atoms with E-state index in [0.717, 1.165) is 16.8 Å². The second-order valence-electron chi connectivity index (χ2n) is 6.87. The van der Waals surface area contributed by atoms with E-state index in [2.05, 4.69) is 5.32 Å². The molecule has 0 fully saturated rings. The molecule has 25 heavy (non-hydrogen) atoms. The molecule has 0 saturated heterocycles. The topological polar surface area (TPSA) is 67.9 Å². The highest BCUT2D eigenvalue weighted by molar-refractivity contribution is 6.33. The first-order valence-electron chi connectivity index (χ1n) is 8.39. The van der Waals surface area contributed by atoms with Gasteiger partial charge in [0.1, 0.15) is 12.1 Å². The quantitative estimate of drug-likeness (QED) is 0.822. The maximum Gasteiger partial charge on any atom is 0.410 e. The summed E-state index contributed by atoms with van der Waals surface area (Å²) in [4.78, 5) is 25.5. The van der Waals surface area contributed by atoms with Gasteiger partial charge >= 0.3 is 12.1 Å². The lowest BCUT2D eigenvalue weighted by Gasteiger charge is -2.32. The van der Waals surface area contributed by atoms with Crippen molar-refractivity contribution in [1.29, 1.82) is 0 Å². The first-order valence-corrected chi connectivity index (χ1v) is 8.76. The number of benzene rings is 1. The van der Waals surface area contributed by atoms with Crippen LogP contribution in [0.4, 0.5) is 10.5 Å². The van der Waals surface area contributed by atoms with Crippen LogP contribution in [0, 0.1) is 0 Å². The molecule has 1 aliphatic heterocycles. The number of carbonyl (C=O) groups excluding carboxylic acids is 2. The van der Waals surface area contributed by atoms with Gasteiger partial charge in [-0.1, -0.05) is 17.7 Å². The Morgan fingerprint density at radius 1 is 1.32 bits per heavy atom. The maximum atomic E-state index is 12.3. The fraction of sp³-hybridized carbons (Fsp3) is 0.556. The number of ether oxygens (including phenoxy) is 2. The van der Waals surface area contributed by atoms with E-state index in [0.29, 0.717) is 31.1 Å². The zero-order chi connectivity index (χ0) is 18.6. The van der Waals surface area contributed by atoms with E-state index in [1.807, 2.05) is 26.8 Å². The van der Waals surface area contributed by atoms with Crippen LogP contribution in [0.5, 0.6) is 0 Å². The number of amides is 1. The number of fused-ring (bicyclic) bond motifs is 1. The molecule has 0 aliphatic carbocycles. The zero-order valence-corrected chi connectivity index (χ0v) is 15.9. The van der Waals surface area contributed by atoms with E-state index in [1.54, 1.807) is 17.9 Å². The minimum absolute atomic E-state index is 0.0554. The van der Waals surface area contributed by atoms with E-state index < -0.39 is 5.60 Å². The average Bonchev–Trinajstić information content (AvgIpc) is 2.52. The van der Waals surface area contributed by atoms with Crippen LogP contribution in [0.1, 0.15) is 38.8 Å². The smallest absolute Gasteiger partial charge is 0.410 e. The fourth-order valence-corrected chi connectivity index (χ4v) is 2.92. The Labute approximate surface area is 153 Å². The molecule has 0 atom stereocenters. The fourth-order valence-electron chi connectivity index (χ4n) is 2.67. The summed E-state index contributed by atoms with van der Waals surface area (Å²) < 4.78 is 10.4. The number of nitrogens with zero attached hydrogens (tertiary/aromatic N) is 1. The van der Waals surface area contributed by atoms with Gasteiger partial charge in [-0.05, 0) is 51.3 Å². The summed E-state index contributed by atoms with van der Waals surface area (Å²) in [5.74, 6) is -0.331. The molecule has 1 aromatic carbocycles. The predicted octanol–water partition coefficient (Wildman–Crippen LogP) is 3.61. The predicted molar refractivity (Wildman–Crippen MR) is 96.9 cm³/mol. The first-order chi connectivity index (χ1) is 11.7. The van der Waals surface area contributed by atoms with Gasteiger partial charge in [-0.3, -0.25) is 4.79 Å².